The van der Waals surface area contributed by atoms with Crippen molar-refractivity contribution in [3.63, 3.8) is 0 Å². The topological polar surface area (TPSA) is 64.9 Å². The van der Waals surface area contributed by atoms with E-state index in [9.17, 15) is 0 Å². The lowest BCUT2D eigenvalue weighted by Gasteiger charge is -2.23. The quantitative estimate of drug-likeness (QED) is 0.816. The van der Waals surface area contributed by atoms with Crippen LogP contribution in [0.15, 0.2) is 16.7 Å². The molecule has 1 aromatic heterocycles. The highest BCUT2D eigenvalue weighted by atomic mass is 16.5. The summed E-state index contributed by atoms with van der Waals surface area (Å²) in [5, 5.41) is 4.17. The summed E-state index contributed by atoms with van der Waals surface area (Å²) in [6.07, 6.45) is 9.96. The summed E-state index contributed by atoms with van der Waals surface area (Å²) in [5.74, 6) is 3.23. The van der Waals surface area contributed by atoms with E-state index in [4.69, 9.17) is 10.3 Å². The smallest absolute Gasteiger partial charge is 0.233 e. The summed E-state index contributed by atoms with van der Waals surface area (Å²) >= 11 is 0. The van der Waals surface area contributed by atoms with Gasteiger partial charge in [-0.3, -0.25) is 0 Å². The second-order valence-electron chi connectivity index (χ2n) is 5.84. The summed E-state index contributed by atoms with van der Waals surface area (Å²) < 4.78 is 5.41. The molecule has 0 aromatic carbocycles. The highest BCUT2D eigenvalue weighted by Gasteiger charge is 2.27. The van der Waals surface area contributed by atoms with Crippen molar-refractivity contribution in [3.05, 3.63) is 23.9 Å². The van der Waals surface area contributed by atoms with E-state index in [1.54, 1.807) is 0 Å². The molecule has 0 spiro atoms. The minimum Gasteiger partial charge on any atom is -0.339 e. The molecule has 2 N–H and O–H groups in total. The van der Waals surface area contributed by atoms with Crippen molar-refractivity contribution in [2.45, 2.75) is 56.9 Å². The predicted molar refractivity (Wildman–Crippen MR) is 69.1 cm³/mol. The van der Waals surface area contributed by atoms with Gasteiger partial charge in [0.2, 0.25) is 5.89 Å². The Balaban J connectivity index is 1.68. The van der Waals surface area contributed by atoms with Gasteiger partial charge in [-0.05, 0) is 25.2 Å². The molecule has 0 bridgehead atoms. The van der Waals surface area contributed by atoms with Crippen LogP contribution in [0.3, 0.4) is 0 Å². The number of allylic oxidation sites excluding steroid dienone is 1. The van der Waals surface area contributed by atoms with Gasteiger partial charge >= 0.3 is 0 Å². The Morgan fingerprint density at radius 3 is 2.67 bits per heavy atom. The van der Waals surface area contributed by atoms with E-state index in [1.807, 2.05) is 6.08 Å². The molecule has 18 heavy (non-hydrogen) atoms. The van der Waals surface area contributed by atoms with Gasteiger partial charge < -0.3 is 10.3 Å². The molecule has 4 heteroatoms. The Bertz CT molecular complexity index is 432. The molecule has 1 saturated carbocycles. The Morgan fingerprint density at radius 2 is 2.00 bits per heavy atom. The van der Waals surface area contributed by atoms with E-state index in [0.29, 0.717) is 5.92 Å². The van der Waals surface area contributed by atoms with Crippen LogP contribution in [-0.2, 0) is 0 Å². The van der Waals surface area contributed by atoms with Gasteiger partial charge in [-0.15, -0.1) is 0 Å². The van der Waals surface area contributed by atoms with Crippen molar-refractivity contribution in [3.8, 4) is 0 Å². The van der Waals surface area contributed by atoms with Gasteiger partial charge in [-0.1, -0.05) is 37.1 Å². The fraction of sp³-hybridized carbons (Fsp3) is 0.714. The molecule has 1 fully saturated rings. The first-order valence-electron chi connectivity index (χ1n) is 7.00. The Labute approximate surface area is 108 Å². The average molecular weight is 247 g/mol. The summed E-state index contributed by atoms with van der Waals surface area (Å²) in [6.45, 7) is 2.32. The lowest BCUT2D eigenvalue weighted by atomic mass is 9.83. The molecule has 98 valence electrons. The second-order valence-corrected chi connectivity index (χ2v) is 5.84. The second kappa shape index (κ2) is 4.84. The van der Waals surface area contributed by atoms with Crippen molar-refractivity contribution in [2.24, 2.45) is 11.7 Å². The fourth-order valence-corrected chi connectivity index (χ4v) is 2.99. The zero-order valence-corrected chi connectivity index (χ0v) is 10.9. The largest absolute Gasteiger partial charge is 0.339 e. The average Bonchev–Trinajstić information content (AvgIpc) is 2.98. The van der Waals surface area contributed by atoms with Gasteiger partial charge in [0.1, 0.15) is 0 Å². The molecule has 1 aromatic rings. The lowest BCUT2D eigenvalue weighted by molar-refractivity contribution is 0.321. The first kappa shape index (κ1) is 11.9. The number of nitrogens with two attached hydrogens (primary N) is 1. The number of hydrogen-bond donors (Lipinski definition) is 1. The highest BCUT2D eigenvalue weighted by Crippen LogP contribution is 2.35. The Morgan fingerprint density at radius 1 is 1.22 bits per heavy atom. The molecule has 0 aliphatic heterocycles. The Hall–Kier alpha value is -1.16. The normalized spacial score (nSPS) is 36.1. The minimum atomic E-state index is 0.140. The van der Waals surface area contributed by atoms with E-state index in [0.717, 1.165) is 24.1 Å². The van der Waals surface area contributed by atoms with Gasteiger partial charge in [0.05, 0.1) is 5.92 Å². The monoisotopic (exact) mass is 247 g/mol. The van der Waals surface area contributed by atoms with Crippen LogP contribution in [-0.4, -0.2) is 16.2 Å². The number of aromatic nitrogens is 2. The number of nitrogens with zero attached hydrogens (tertiary/aromatic N) is 2. The van der Waals surface area contributed by atoms with E-state index in [2.05, 4.69) is 23.1 Å². The molecule has 1 heterocycles. The third-order valence-corrected chi connectivity index (χ3v) is 4.27. The predicted octanol–water partition coefficient (Wildman–Crippen LogP) is 2.73. The summed E-state index contributed by atoms with van der Waals surface area (Å²) in [6, 6.07) is 0.140. The van der Waals surface area contributed by atoms with Crippen LogP contribution in [0.2, 0.25) is 0 Å². The van der Waals surface area contributed by atoms with Crippen LogP contribution in [0, 0.1) is 5.92 Å². The molecule has 2 aliphatic carbocycles. The van der Waals surface area contributed by atoms with Crippen molar-refractivity contribution < 1.29 is 4.52 Å². The third-order valence-electron chi connectivity index (χ3n) is 4.27. The lowest BCUT2D eigenvalue weighted by Crippen LogP contribution is -2.14. The van der Waals surface area contributed by atoms with Crippen LogP contribution >= 0.6 is 0 Å². The van der Waals surface area contributed by atoms with E-state index >= 15 is 0 Å². The Kier molecular flexibility index (Phi) is 3.20. The van der Waals surface area contributed by atoms with Crippen LogP contribution < -0.4 is 5.73 Å². The van der Waals surface area contributed by atoms with Crippen molar-refractivity contribution in [2.75, 3.05) is 0 Å². The zero-order chi connectivity index (χ0) is 12.5. The summed E-state index contributed by atoms with van der Waals surface area (Å²) in [5.41, 5.74) is 5.85. The maximum atomic E-state index is 5.85. The van der Waals surface area contributed by atoms with Crippen LogP contribution in [0.5, 0.6) is 0 Å². The van der Waals surface area contributed by atoms with E-state index in [1.165, 1.54) is 25.7 Å². The molecule has 2 aliphatic rings. The van der Waals surface area contributed by atoms with Gasteiger partial charge in [0, 0.05) is 12.0 Å². The van der Waals surface area contributed by atoms with Crippen LogP contribution in [0.4, 0.5) is 0 Å². The molecule has 3 rings (SSSR count). The molecule has 4 nitrogen and oxygen atoms in total. The molecule has 2 atom stereocenters. The van der Waals surface area contributed by atoms with Crippen molar-refractivity contribution >= 4 is 0 Å². The van der Waals surface area contributed by atoms with Crippen LogP contribution in [0.25, 0.3) is 0 Å². The first-order valence-corrected chi connectivity index (χ1v) is 7.00. The molecule has 0 saturated heterocycles. The number of rotatable bonds is 2. The van der Waals surface area contributed by atoms with Gasteiger partial charge in [-0.25, -0.2) is 0 Å². The maximum absolute atomic E-state index is 5.85. The summed E-state index contributed by atoms with van der Waals surface area (Å²) in [7, 11) is 0. The van der Waals surface area contributed by atoms with Gasteiger partial charge in [0.15, 0.2) is 5.82 Å². The van der Waals surface area contributed by atoms with E-state index < -0.39 is 0 Å². The van der Waals surface area contributed by atoms with Gasteiger partial charge in [0.25, 0.3) is 0 Å². The van der Waals surface area contributed by atoms with E-state index in [-0.39, 0.29) is 12.0 Å². The maximum Gasteiger partial charge on any atom is 0.233 e. The van der Waals surface area contributed by atoms with Gasteiger partial charge in [-0.2, -0.15) is 4.98 Å². The first-order chi connectivity index (χ1) is 8.72. The molecule has 0 amide bonds. The number of hydrogen-bond acceptors (Lipinski definition) is 4. The molecular weight excluding hydrogens is 226 g/mol. The zero-order valence-electron chi connectivity index (χ0n) is 10.9. The molecular formula is C14H21N3O. The molecule has 0 radical (unpaired) electrons. The highest BCUT2D eigenvalue weighted by molar-refractivity contribution is 5.16. The van der Waals surface area contributed by atoms with Crippen LogP contribution in [0.1, 0.15) is 62.6 Å². The fourth-order valence-electron chi connectivity index (χ4n) is 2.99. The molecule has 2 unspecified atom stereocenters. The standard InChI is InChI=1S/C14H21N3O/c1-9-2-4-10(5-3-9)13-16-14(18-17-13)11-6-7-12(15)8-11/h6-7,9-12H,2-5,8,15H2,1H3. The van der Waals surface area contributed by atoms with Crippen molar-refractivity contribution in [1.82, 2.24) is 10.1 Å². The third kappa shape index (κ3) is 2.34. The SMILES string of the molecule is CC1CCC(c2noc(C3C=CC(N)C3)n2)CC1. The van der Waals surface area contributed by atoms with Crippen molar-refractivity contribution in [1.29, 1.82) is 0 Å². The summed E-state index contributed by atoms with van der Waals surface area (Å²) in [4.78, 5) is 4.59. The minimum absolute atomic E-state index is 0.140.